The van der Waals surface area contributed by atoms with Crippen molar-refractivity contribution in [1.29, 1.82) is 0 Å². The SMILES string of the molecule is Cc1nc(-c2ccc(N)cc2)cnc1NC(=O)CC1=CC=C(F)CC=C1. The fourth-order valence-corrected chi connectivity index (χ4v) is 2.52. The van der Waals surface area contributed by atoms with Crippen LogP contribution in [-0.4, -0.2) is 15.9 Å². The average molecular weight is 350 g/mol. The summed E-state index contributed by atoms with van der Waals surface area (Å²) in [6.07, 6.45) is 8.45. The molecule has 1 heterocycles. The Hall–Kier alpha value is -3.28. The molecule has 0 fully saturated rings. The number of anilines is 2. The fraction of sp³-hybridized carbons (Fsp3) is 0.150. The zero-order chi connectivity index (χ0) is 18.5. The summed E-state index contributed by atoms with van der Waals surface area (Å²) >= 11 is 0. The van der Waals surface area contributed by atoms with Crippen molar-refractivity contribution in [2.24, 2.45) is 0 Å². The Bertz CT molecular complexity index is 914. The number of aromatic nitrogens is 2. The summed E-state index contributed by atoms with van der Waals surface area (Å²) in [5.41, 5.74) is 9.32. The lowest BCUT2D eigenvalue weighted by Crippen LogP contribution is -2.14. The first kappa shape index (κ1) is 17.5. The van der Waals surface area contributed by atoms with E-state index in [1.807, 2.05) is 12.1 Å². The molecule has 0 saturated heterocycles. The van der Waals surface area contributed by atoms with Gasteiger partial charge in [0, 0.05) is 17.7 Å². The van der Waals surface area contributed by atoms with Gasteiger partial charge in [0.05, 0.1) is 24.0 Å². The van der Waals surface area contributed by atoms with E-state index in [0.717, 1.165) is 11.1 Å². The second kappa shape index (κ2) is 7.74. The second-order valence-corrected chi connectivity index (χ2v) is 6.00. The number of nitrogen functional groups attached to an aromatic ring is 1. The zero-order valence-electron chi connectivity index (χ0n) is 14.4. The summed E-state index contributed by atoms with van der Waals surface area (Å²) in [6, 6.07) is 7.34. The minimum absolute atomic E-state index is 0.140. The van der Waals surface area contributed by atoms with Crippen LogP contribution in [0.2, 0.25) is 0 Å². The van der Waals surface area contributed by atoms with Gasteiger partial charge >= 0.3 is 0 Å². The standard InChI is InChI=1S/C20H19FN4O/c1-13-20(23-12-18(24-13)15-6-9-17(22)10-7-15)25-19(26)11-14-3-2-4-16(21)8-5-14/h2-3,5-10,12H,4,11,22H2,1H3,(H,23,25,26). The lowest BCUT2D eigenvalue weighted by molar-refractivity contribution is -0.115. The number of hydrogen-bond acceptors (Lipinski definition) is 4. The molecule has 3 N–H and O–H groups in total. The number of nitrogens with zero attached hydrogens (tertiary/aromatic N) is 2. The number of benzene rings is 1. The maximum Gasteiger partial charge on any atom is 0.229 e. The highest BCUT2D eigenvalue weighted by Gasteiger charge is 2.11. The highest BCUT2D eigenvalue weighted by atomic mass is 19.1. The van der Waals surface area contributed by atoms with Gasteiger partial charge < -0.3 is 11.1 Å². The van der Waals surface area contributed by atoms with Crippen molar-refractivity contribution < 1.29 is 9.18 Å². The first-order valence-corrected chi connectivity index (χ1v) is 8.22. The molecule has 1 aliphatic rings. The molecule has 5 nitrogen and oxygen atoms in total. The quantitative estimate of drug-likeness (QED) is 0.814. The van der Waals surface area contributed by atoms with Gasteiger partial charge in [0.2, 0.25) is 5.91 Å². The van der Waals surface area contributed by atoms with Crippen molar-refractivity contribution in [1.82, 2.24) is 9.97 Å². The molecule has 1 aromatic heterocycles. The van der Waals surface area contributed by atoms with Crippen molar-refractivity contribution in [3.05, 3.63) is 71.9 Å². The first-order chi connectivity index (χ1) is 12.5. The Balaban J connectivity index is 1.70. The lowest BCUT2D eigenvalue weighted by Gasteiger charge is -2.09. The number of aryl methyl sites for hydroxylation is 1. The molecule has 0 atom stereocenters. The van der Waals surface area contributed by atoms with Gasteiger partial charge in [-0.1, -0.05) is 30.4 Å². The van der Waals surface area contributed by atoms with Crippen LogP contribution in [0.25, 0.3) is 11.3 Å². The van der Waals surface area contributed by atoms with E-state index in [4.69, 9.17) is 5.73 Å². The number of nitrogens with two attached hydrogens (primary N) is 1. The number of rotatable bonds is 4. The summed E-state index contributed by atoms with van der Waals surface area (Å²) < 4.78 is 13.2. The van der Waals surface area contributed by atoms with E-state index in [2.05, 4.69) is 15.3 Å². The van der Waals surface area contributed by atoms with Crippen molar-refractivity contribution >= 4 is 17.4 Å². The largest absolute Gasteiger partial charge is 0.399 e. The smallest absolute Gasteiger partial charge is 0.229 e. The Kier molecular flexibility index (Phi) is 5.22. The molecule has 0 spiro atoms. The van der Waals surface area contributed by atoms with Crippen LogP contribution >= 0.6 is 0 Å². The topological polar surface area (TPSA) is 80.9 Å². The lowest BCUT2D eigenvalue weighted by atomic mass is 10.1. The van der Waals surface area contributed by atoms with Gasteiger partial charge in [-0.25, -0.2) is 14.4 Å². The van der Waals surface area contributed by atoms with Gasteiger partial charge in [-0.05, 0) is 30.7 Å². The number of carbonyl (C=O) groups excluding carboxylic acids is 1. The summed E-state index contributed by atoms with van der Waals surface area (Å²) in [5, 5.41) is 2.76. The molecule has 0 unspecified atom stereocenters. The highest BCUT2D eigenvalue weighted by molar-refractivity contribution is 5.92. The van der Waals surface area contributed by atoms with Gasteiger partial charge in [-0.3, -0.25) is 4.79 Å². The molecule has 2 aromatic rings. The third kappa shape index (κ3) is 4.42. The van der Waals surface area contributed by atoms with Crippen LogP contribution in [0.15, 0.2) is 66.2 Å². The first-order valence-electron chi connectivity index (χ1n) is 8.22. The van der Waals surface area contributed by atoms with Crippen molar-refractivity contribution in [2.75, 3.05) is 11.1 Å². The highest BCUT2D eigenvalue weighted by Crippen LogP contribution is 2.21. The number of carbonyl (C=O) groups is 1. The van der Waals surface area contributed by atoms with Crippen molar-refractivity contribution in [3.63, 3.8) is 0 Å². The van der Waals surface area contributed by atoms with Crippen LogP contribution in [-0.2, 0) is 4.79 Å². The number of allylic oxidation sites excluding steroid dienone is 5. The van der Waals surface area contributed by atoms with Gasteiger partial charge in [0.15, 0.2) is 5.82 Å². The van der Waals surface area contributed by atoms with Crippen LogP contribution in [0.3, 0.4) is 0 Å². The number of amides is 1. The molecular formula is C20H19FN4O. The van der Waals surface area contributed by atoms with Gasteiger partial charge in [0.1, 0.15) is 5.83 Å². The summed E-state index contributed by atoms with van der Waals surface area (Å²) in [5.74, 6) is -0.0417. The molecule has 0 radical (unpaired) electrons. The van der Waals surface area contributed by atoms with Crippen LogP contribution in [0.4, 0.5) is 15.9 Å². The van der Waals surface area contributed by atoms with Crippen molar-refractivity contribution in [2.45, 2.75) is 19.8 Å². The molecule has 1 aliphatic carbocycles. The third-order valence-electron chi connectivity index (χ3n) is 3.90. The van der Waals surface area contributed by atoms with Crippen LogP contribution < -0.4 is 11.1 Å². The monoisotopic (exact) mass is 350 g/mol. The molecule has 6 heteroatoms. The molecule has 1 amide bonds. The van der Waals surface area contributed by atoms with Gasteiger partial charge in [-0.2, -0.15) is 0 Å². The van der Waals surface area contributed by atoms with E-state index < -0.39 is 0 Å². The van der Waals surface area contributed by atoms with Crippen LogP contribution in [0, 0.1) is 6.92 Å². The maximum atomic E-state index is 13.2. The molecule has 1 aromatic carbocycles. The maximum absolute atomic E-state index is 13.2. The van der Waals surface area contributed by atoms with E-state index in [-0.39, 0.29) is 24.6 Å². The Morgan fingerprint density at radius 2 is 2.04 bits per heavy atom. The minimum atomic E-state index is -0.228. The molecular weight excluding hydrogens is 331 g/mol. The molecule has 132 valence electrons. The van der Waals surface area contributed by atoms with Crippen LogP contribution in [0.5, 0.6) is 0 Å². The zero-order valence-corrected chi connectivity index (χ0v) is 14.4. The Morgan fingerprint density at radius 1 is 1.27 bits per heavy atom. The van der Waals surface area contributed by atoms with E-state index in [1.54, 1.807) is 43.5 Å². The predicted molar refractivity (Wildman–Crippen MR) is 101 cm³/mol. The van der Waals surface area contributed by atoms with Gasteiger partial charge in [0.25, 0.3) is 0 Å². The van der Waals surface area contributed by atoms with E-state index in [9.17, 15) is 9.18 Å². The number of hydrogen-bond donors (Lipinski definition) is 2. The number of halogens is 1. The molecule has 0 bridgehead atoms. The summed E-state index contributed by atoms with van der Waals surface area (Å²) in [4.78, 5) is 21.0. The Labute approximate surface area is 151 Å². The Morgan fingerprint density at radius 3 is 2.77 bits per heavy atom. The molecule has 3 rings (SSSR count). The fourth-order valence-electron chi connectivity index (χ4n) is 2.52. The summed E-state index contributed by atoms with van der Waals surface area (Å²) in [7, 11) is 0. The molecule has 0 saturated carbocycles. The molecule has 26 heavy (non-hydrogen) atoms. The molecule has 0 aliphatic heterocycles. The minimum Gasteiger partial charge on any atom is -0.399 e. The normalized spacial score (nSPS) is 13.6. The van der Waals surface area contributed by atoms with E-state index in [0.29, 0.717) is 22.9 Å². The van der Waals surface area contributed by atoms with Crippen molar-refractivity contribution in [3.8, 4) is 11.3 Å². The number of nitrogens with one attached hydrogen (secondary N) is 1. The summed E-state index contributed by atoms with van der Waals surface area (Å²) in [6.45, 7) is 1.78. The predicted octanol–water partition coefficient (Wildman–Crippen LogP) is 4.10. The van der Waals surface area contributed by atoms with E-state index >= 15 is 0 Å². The third-order valence-corrected chi connectivity index (χ3v) is 3.90. The van der Waals surface area contributed by atoms with Crippen LogP contribution in [0.1, 0.15) is 18.5 Å². The second-order valence-electron chi connectivity index (χ2n) is 6.00. The van der Waals surface area contributed by atoms with E-state index in [1.165, 1.54) is 6.08 Å². The van der Waals surface area contributed by atoms with Gasteiger partial charge in [-0.15, -0.1) is 0 Å². The average Bonchev–Trinajstić information content (AvgIpc) is 2.82.